The van der Waals surface area contributed by atoms with E-state index in [9.17, 15) is 18.8 Å². The molecule has 0 spiro atoms. The molecule has 1 fully saturated rings. The normalized spacial score (nSPS) is 12.9. The first-order chi connectivity index (χ1) is 16.7. The number of benzene rings is 2. The summed E-state index contributed by atoms with van der Waals surface area (Å²) in [7, 11) is 0. The van der Waals surface area contributed by atoms with Crippen LogP contribution in [0.15, 0.2) is 41.9 Å². The van der Waals surface area contributed by atoms with Crippen molar-refractivity contribution in [2.45, 2.75) is 39.7 Å². The van der Waals surface area contributed by atoms with Crippen LogP contribution < -0.4 is 16.0 Å². The van der Waals surface area contributed by atoms with Crippen LogP contribution in [0.2, 0.25) is 0 Å². The second kappa shape index (κ2) is 10.4. The highest BCUT2D eigenvalue weighted by Gasteiger charge is 2.25. The molecule has 0 radical (unpaired) electrons. The van der Waals surface area contributed by atoms with Crippen LogP contribution in [0, 0.1) is 18.7 Å². The maximum Gasteiger partial charge on any atom is 0.258 e. The molecule has 0 unspecified atom stereocenters. The molecule has 3 aromatic rings. The number of amides is 3. The first-order valence-corrected chi connectivity index (χ1v) is 12.4. The maximum absolute atomic E-state index is 14.9. The van der Waals surface area contributed by atoms with E-state index in [1.165, 1.54) is 23.5 Å². The predicted molar refractivity (Wildman–Crippen MR) is 134 cm³/mol. The Labute approximate surface area is 207 Å². The fourth-order valence-corrected chi connectivity index (χ4v) is 4.07. The van der Waals surface area contributed by atoms with E-state index in [0.717, 1.165) is 12.8 Å². The van der Waals surface area contributed by atoms with E-state index in [0.29, 0.717) is 33.9 Å². The smallest absolute Gasteiger partial charge is 0.258 e. The SMILES string of the molecule is Cc1c(F)cc(C(=O)NC2CC2)cc1-c1ccc(C(=O)NCC(C)C)cc1C(=O)Nc1nccs1. The summed E-state index contributed by atoms with van der Waals surface area (Å²) in [5.74, 6) is -1.43. The van der Waals surface area contributed by atoms with Gasteiger partial charge in [0.1, 0.15) is 5.82 Å². The van der Waals surface area contributed by atoms with Crippen LogP contribution in [0.4, 0.5) is 9.52 Å². The molecule has 1 saturated carbocycles. The summed E-state index contributed by atoms with van der Waals surface area (Å²) >= 11 is 1.26. The number of carbonyl (C=O) groups excluding carboxylic acids is 3. The summed E-state index contributed by atoms with van der Waals surface area (Å²) in [6.07, 6.45) is 3.39. The Kier molecular flexibility index (Phi) is 7.25. The van der Waals surface area contributed by atoms with Crippen molar-refractivity contribution < 1.29 is 18.8 Å². The van der Waals surface area contributed by atoms with Crippen molar-refractivity contribution in [2.75, 3.05) is 11.9 Å². The van der Waals surface area contributed by atoms with Crippen LogP contribution in [0.25, 0.3) is 11.1 Å². The van der Waals surface area contributed by atoms with Crippen LogP contribution >= 0.6 is 11.3 Å². The van der Waals surface area contributed by atoms with Gasteiger partial charge in [0.2, 0.25) is 0 Å². The number of nitrogens with zero attached hydrogens (tertiary/aromatic N) is 1. The Morgan fingerprint density at radius 2 is 1.83 bits per heavy atom. The van der Waals surface area contributed by atoms with Crippen LogP contribution in [-0.2, 0) is 0 Å². The molecule has 1 aromatic heterocycles. The van der Waals surface area contributed by atoms with Gasteiger partial charge in [-0.1, -0.05) is 19.9 Å². The molecule has 0 aliphatic heterocycles. The van der Waals surface area contributed by atoms with Crippen LogP contribution in [-0.4, -0.2) is 35.3 Å². The van der Waals surface area contributed by atoms with Crippen molar-refractivity contribution in [3.8, 4) is 11.1 Å². The third-order valence-corrected chi connectivity index (χ3v) is 6.35. The molecule has 0 saturated heterocycles. The van der Waals surface area contributed by atoms with Crippen molar-refractivity contribution in [3.05, 3.63) is 70.0 Å². The van der Waals surface area contributed by atoms with Gasteiger partial charge < -0.3 is 10.6 Å². The topological polar surface area (TPSA) is 100 Å². The number of thiazole rings is 1. The monoisotopic (exact) mass is 494 g/mol. The number of nitrogens with one attached hydrogen (secondary N) is 3. The van der Waals surface area contributed by atoms with Gasteiger partial charge in [-0.2, -0.15) is 0 Å². The average Bonchev–Trinajstić information content (AvgIpc) is 3.50. The number of rotatable bonds is 8. The number of hydrogen-bond donors (Lipinski definition) is 3. The molecular formula is C26H27FN4O3S. The molecule has 0 atom stereocenters. The second-order valence-corrected chi connectivity index (χ2v) is 9.93. The number of carbonyl (C=O) groups is 3. The zero-order chi connectivity index (χ0) is 25.1. The molecule has 4 rings (SSSR count). The van der Waals surface area contributed by atoms with Crippen molar-refractivity contribution in [1.82, 2.24) is 15.6 Å². The molecule has 1 aliphatic carbocycles. The zero-order valence-corrected chi connectivity index (χ0v) is 20.6. The number of anilines is 1. The summed E-state index contributed by atoms with van der Waals surface area (Å²) in [6.45, 7) is 6.06. The zero-order valence-electron chi connectivity index (χ0n) is 19.8. The van der Waals surface area contributed by atoms with Gasteiger partial charge in [0.25, 0.3) is 17.7 Å². The lowest BCUT2D eigenvalue weighted by molar-refractivity contribution is 0.0941. The Balaban J connectivity index is 1.76. The number of halogens is 1. The highest BCUT2D eigenvalue weighted by Crippen LogP contribution is 2.32. The van der Waals surface area contributed by atoms with Gasteiger partial charge in [0.05, 0.1) is 0 Å². The van der Waals surface area contributed by atoms with Crippen LogP contribution in [0.3, 0.4) is 0 Å². The first-order valence-electron chi connectivity index (χ1n) is 11.5. The largest absolute Gasteiger partial charge is 0.352 e. The van der Waals surface area contributed by atoms with E-state index >= 15 is 0 Å². The third kappa shape index (κ3) is 5.92. The molecule has 3 amide bonds. The van der Waals surface area contributed by atoms with Crippen molar-refractivity contribution >= 4 is 34.2 Å². The highest BCUT2D eigenvalue weighted by molar-refractivity contribution is 7.13. The van der Waals surface area contributed by atoms with E-state index < -0.39 is 11.7 Å². The van der Waals surface area contributed by atoms with Crippen molar-refractivity contribution in [3.63, 3.8) is 0 Å². The van der Waals surface area contributed by atoms with Crippen LogP contribution in [0.1, 0.15) is 63.3 Å². The summed E-state index contributed by atoms with van der Waals surface area (Å²) < 4.78 is 14.9. The summed E-state index contributed by atoms with van der Waals surface area (Å²) in [5.41, 5.74) is 1.79. The summed E-state index contributed by atoms with van der Waals surface area (Å²) in [5, 5.41) is 10.6. The number of aromatic nitrogens is 1. The molecule has 2 aromatic carbocycles. The maximum atomic E-state index is 14.9. The fourth-order valence-electron chi connectivity index (χ4n) is 3.54. The third-order valence-electron chi connectivity index (χ3n) is 5.66. The van der Waals surface area contributed by atoms with Crippen molar-refractivity contribution in [1.29, 1.82) is 0 Å². The van der Waals surface area contributed by atoms with E-state index in [1.807, 2.05) is 13.8 Å². The van der Waals surface area contributed by atoms with Gasteiger partial charge in [0.15, 0.2) is 5.13 Å². The van der Waals surface area contributed by atoms with Gasteiger partial charge in [-0.25, -0.2) is 9.37 Å². The molecule has 35 heavy (non-hydrogen) atoms. The molecule has 9 heteroatoms. The van der Waals surface area contributed by atoms with Gasteiger partial charge in [-0.3, -0.25) is 19.7 Å². The second-order valence-electron chi connectivity index (χ2n) is 9.03. The van der Waals surface area contributed by atoms with Crippen molar-refractivity contribution in [2.24, 2.45) is 5.92 Å². The molecule has 1 heterocycles. The quantitative estimate of drug-likeness (QED) is 0.419. The highest BCUT2D eigenvalue weighted by atomic mass is 32.1. The minimum Gasteiger partial charge on any atom is -0.352 e. The molecular weight excluding hydrogens is 467 g/mol. The lowest BCUT2D eigenvalue weighted by atomic mass is 9.92. The minimum absolute atomic E-state index is 0.124. The minimum atomic E-state index is -0.548. The first kappa shape index (κ1) is 24.5. The molecule has 1 aliphatic rings. The predicted octanol–water partition coefficient (Wildman–Crippen LogP) is 4.79. The van der Waals surface area contributed by atoms with E-state index in [1.54, 1.807) is 36.7 Å². The Morgan fingerprint density at radius 1 is 1.06 bits per heavy atom. The molecule has 0 bridgehead atoms. The van der Waals surface area contributed by atoms with E-state index in [4.69, 9.17) is 0 Å². The average molecular weight is 495 g/mol. The van der Waals surface area contributed by atoms with Gasteiger partial charge in [0, 0.05) is 40.9 Å². The lowest BCUT2D eigenvalue weighted by Crippen LogP contribution is -2.27. The fraction of sp³-hybridized carbons (Fsp3) is 0.308. The number of hydrogen-bond acceptors (Lipinski definition) is 5. The van der Waals surface area contributed by atoms with E-state index in [2.05, 4.69) is 20.9 Å². The Hall–Kier alpha value is -3.59. The van der Waals surface area contributed by atoms with Gasteiger partial charge >= 0.3 is 0 Å². The van der Waals surface area contributed by atoms with E-state index in [-0.39, 0.29) is 34.9 Å². The summed E-state index contributed by atoms with van der Waals surface area (Å²) in [6, 6.07) is 7.62. The standard InChI is InChI=1S/C26H27FN4O3S/c1-14(2)13-29-23(32)16-4-7-19(21(10-16)25(34)31-26-28-8-9-35-26)20-11-17(12-22(27)15(20)3)24(33)30-18-5-6-18/h4,7-12,14,18H,5-6,13H2,1-3H3,(H,29,32)(H,30,33)(H,28,31,34). The van der Waals surface area contributed by atoms with Crippen LogP contribution in [0.5, 0.6) is 0 Å². The Morgan fingerprint density at radius 3 is 2.49 bits per heavy atom. The molecule has 3 N–H and O–H groups in total. The summed E-state index contributed by atoms with van der Waals surface area (Å²) in [4.78, 5) is 42.7. The van der Waals surface area contributed by atoms with Gasteiger partial charge in [-0.05, 0) is 66.6 Å². The molecule has 182 valence electrons. The Bertz CT molecular complexity index is 1270. The van der Waals surface area contributed by atoms with Gasteiger partial charge in [-0.15, -0.1) is 11.3 Å². The lowest BCUT2D eigenvalue weighted by Gasteiger charge is -2.16. The molecule has 7 nitrogen and oxygen atoms in total.